The van der Waals surface area contributed by atoms with Crippen LogP contribution < -0.4 is 0 Å². The number of carbonyl (C=O) groups is 1. The number of carbonyl (C=O) groups excluding carboxylic acids is 1. The Balaban J connectivity index is 2.07. The molecule has 3 rings (SSSR count). The number of nitrogens with zero attached hydrogens (tertiary/aromatic N) is 2. The Kier molecular flexibility index (Phi) is 4.22. The van der Waals surface area contributed by atoms with E-state index in [0.29, 0.717) is 12.1 Å². The van der Waals surface area contributed by atoms with Gasteiger partial charge in [-0.15, -0.1) is 0 Å². The Morgan fingerprint density at radius 2 is 2.00 bits per heavy atom. The van der Waals surface area contributed by atoms with E-state index in [-0.39, 0.29) is 22.6 Å². The summed E-state index contributed by atoms with van der Waals surface area (Å²) in [6.07, 6.45) is 4.31. The molecule has 0 radical (unpaired) electrons. The van der Waals surface area contributed by atoms with Gasteiger partial charge >= 0.3 is 5.97 Å². The van der Waals surface area contributed by atoms with Crippen molar-refractivity contribution in [3.05, 3.63) is 11.5 Å². The van der Waals surface area contributed by atoms with Crippen LogP contribution in [0.3, 0.4) is 0 Å². The minimum Gasteiger partial charge on any atom is -0.468 e. The number of hydrogen-bond donors (Lipinski definition) is 0. The number of hydrogen-bond acceptors (Lipinski definition) is 6. The lowest BCUT2D eigenvalue weighted by Crippen LogP contribution is -2.46. The Bertz CT molecular complexity index is 692. The van der Waals surface area contributed by atoms with Crippen LogP contribution in [-0.2, 0) is 19.6 Å². The first-order chi connectivity index (χ1) is 10.9. The Labute approximate surface area is 136 Å². The summed E-state index contributed by atoms with van der Waals surface area (Å²) in [5.41, 5.74) is 0.324. The van der Waals surface area contributed by atoms with E-state index < -0.39 is 22.0 Å². The molecule has 1 aromatic heterocycles. The predicted molar refractivity (Wildman–Crippen MR) is 81.2 cm³/mol. The molecule has 1 saturated carbocycles. The van der Waals surface area contributed by atoms with Gasteiger partial charge in [0.1, 0.15) is 16.6 Å². The minimum absolute atomic E-state index is 0.0811. The van der Waals surface area contributed by atoms with Crippen LogP contribution in [0.4, 0.5) is 0 Å². The van der Waals surface area contributed by atoms with Crippen molar-refractivity contribution in [1.29, 1.82) is 0 Å². The van der Waals surface area contributed by atoms with E-state index in [2.05, 4.69) is 5.16 Å². The molecule has 0 bridgehead atoms. The summed E-state index contributed by atoms with van der Waals surface area (Å²) in [5, 5.41) is 3.75. The highest BCUT2D eigenvalue weighted by atomic mass is 32.2. The normalized spacial score (nSPS) is 28.6. The maximum absolute atomic E-state index is 13.2. The summed E-state index contributed by atoms with van der Waals surface area (Å²) >= 11 is 0. The molecule has 3 atom stereocenters. The number of sulfonamides is 1. The summed E-state index contributed by atoms with van der Waals surface area (Å²) in [6.45, 7) is 3.18. The van der Waals surface area contributed by atoms with Gasteiger partial charge in [0.25, 0.3) is 0 Å². The summed E-state index contributed by atoms with van der Waals surface area (Å²) < 4.78 is 37.7. The van der Waals surface area contributed by atoms with Gasteiger partial charge in [-0.2, -0.15) is 4.31 Å². The van der Waals surface area contributed by atoms with Crippen molar-refractivity contribution in [3.63, 3.8) is 0 Å². The number of aryl methyl sites for hydroxylation is 2. The van der Waals surface area contributed by atoms with Crippen LogP contribution in [0.15, 0.2) is 9.42 Å². The molecule has 0 aromatic carbocycles. The van der Waals surface area contributed by atoms with Gasteiger partial charge in [-0.1, -0.05) is 18.0 Å². The minimum atomic E-state index is -3.86. The molecule has 0 amide bonds. The Hall–Kier alpha value is -1.41. The average molecular weight is 342 g/mol. The maximum Gasteiger partial charge on any atom is 0.324 e. The smallest absolute Gasteiger partial charge is 0.324 e. The van der Waals surface area contributed by atoms with Gasteiger partial charge in [-0.05, 0) is 39.0 Å². The number of ether oxygens (including phenoxy) is 1. The third-order valence-corrected chi connectivity index (χ3v) is 7.18. The van der Waals surface area contributed by atoms with Gasteiger partial charge in [0.15, 0.2) is 5.76 Å². The molecule has 1 aromatic rings. The maximum atomic E-state index is 13.2. The molecule has 7 nitrogen and oxygen atoms in total. The summed E-state index contributed by atoms with van der Waals surface area (Å²) in [4.78, 5) is 12.3. The first kappa shape index (κ1) is 16.4. The van der Waals surface area contributed by atoms with Crippen LogP contribution in [0.1, 0.15) is 43.6 Å². The lowest BCUT2D eigenvalue weighted by atomic mass is 9.85. The van der Waals surface area contributed by atoms with Crippen molar-refractivity contribution in [2.24, 2.45) is 5.92 Å². The van der Waals surface area contributed by atoms with Crippen molar-refractivity contribution < 1.29 is 22.5 Å². The van der Waals surface area contributed by atoms with Crippen molar-refractivity contribution in [2.75, 3.05) is 7.11 Å². The van der Waals surface area contributed by atoms with Gasteiger partial charge in [-0.3, -0.25) is 4.79 Å². The standard InChI is InChI=1S/C15H22N2O5S/c1-9-14(10(2)22-16-9)23(19,20)17-12-7-5-4-6-11(12)8-13(17)15(18)21-3/h11-13H,4-8H2,1-3H3/t11-,12-,13-/m0/s1. The first-order valence-electron chi connectivity index (χ1n) is 7.92. The second-order valence-corrected chi connectivity index (χ2v) is 8.15. The molecule has 23 heavy (non-hydrogen) atoms. The van der Waals surface area contributed by atoms with Crippen LogP contribution in [0.25, 0.3) is 0 Å². The molecule has 1 aliphatic carbocycles. The van der Waals surface area contributed by atoms with Gasteiger partial charge < -0.3 is 9.26 Å². The van der Waals surface area contributed by atoms with Gasteiger partial charge in [0, 0.05) is 6.04 Å². The molecule has 1 saturated heterocycles. The third kappa shape index (κ3) is 2.57. The average Bonchev–Trinajstić information content (AvgIpc) is 3.07. The number of methoxy groups -OCH3 is 1. The summed E-state index contributed by atoms with van der Waals surface area (Å²) in [5.74, 6) is -0.0248. The third-order valence-electron chi connectivity index (χ3n) is 5.01. The van der Waals surface area contributed by atoms with Crippen molar-refractivity contribution in [2.45, 2.75) is 62.9 Å². The fraction of sp³-hybridized carbons (Fsp3) is 0.733. The predicted octanol–water partition coefficient (Wildman–Crippen LogP) is 1.79. The van der Waals surface area contributed by atoms with Crippen LogP contribution in [0, 0.1) is 19.8 Å². The molecule has 0 unspecified atom stereocenters. The molecule has 0 spiro atoms. The SMILES string of the molecule is COC(=O)[C@@H]1C[C@@H]2CCCC[C@@H]2N1S(=O)(=O)c1c(C)noc1C. The van der Waals surface area contributed by atoms with Gasteiger partial charge in [0.05, 0.1) is 7.11 Å². The fourth-order valence-electron chi connectivity index (χ4n) is 4.05. The van der Waals surface area contributed by atoms with Crippen LogP contribution in [0.5, 0.6) is 0 Å². The van der Waals surface area contributed by atoms with Gasteiger partial charge in [0.2, 0.25) is 10.0 Å². The molecule has 0 N–H and O–H groups in total. The molecule has 128 valence electrons. The molecule has 2 aliphatic rings. The van der Waals surface area contributed by atoms with E-state index in [4.69, 9.17) is 9.26 Å². The van der Waals surface area contributed by atoms with Crippen molar-refractivity contribution in [3.8, 4) is 0 Å². The summed E-state index contributed by atoms with van der Waals surface area (Å²) in [7, 11) is -2.56. The van der Waals surface area contributed by atoms with E-state index >= 15 is 0 Å². The fourth-order valence-corrected chi connectivity index (χ4v) is 6.21. The molecular formula is C15H22N2O5S. The summed E-state index contributed by atoms with van der Waals surface area (Å²) in [6, 6.07) is -0.904. The highest BCUT2D eigenvalue weighted by Gasteiger charge is 2.52. The highest BCUT2D eigenvalue weighted by Crippen LogP contribution is 2.43. The second-order valence-electron chi connectivity index (χ2n) is 6.37. The van der Waals surface area contributed by atoms with Crippen LogP contribution in [-0.4, -0.2) is 43.0 Å². The zero-order valence-corrected chi connectivity index (χ0v) is 14.4. The van der Waals surface area contributed by atoms with E-state index in [1.807, 2.05) is 0 Å². The number of esters is 1. The largest absolute Gasteiger partial charge is 0.468 e. The topological polar surface area (TPSA) is 89.7 Å². The molecule has 8 heteroatoms. The number of aromatic nitrogens is 1. The molecule has 2 heterocycles. The Morgan fingerprint density at radius 1 is 1.30 bits per heavy atom. The first-order valence-corrected chi connectivity index (χ1v) is 9.36. The monoisotopic (exact) mass is 342 g/mol. The molecule has 1 aliphatic heterocycles. The van der Waals surface area contributed by atoms with Crippen LogP contribution in [0.2, 0.25) is 0 Å². The quantitative estimate of drug-likeness (QED) is 0.778. The van der Waals surface area contributed by atoms with E-state index in [1.165, 1.54) is 11.4 Å². The number of fused-ring (bicyclic) bond motifs is 1. The van der Waals surface area contributed by atoms with E-state index in [0.717, 1.165) is 25.7 Å². The van der Waals surface area contributed by atoms with Crippen LogP contribution >= 0.6 is 0 Å². The Morgan fingerprint density at radius 3 is 2.61 bits per heavy atom. The zero-order chi connectivity index (χ0) is 16.8. The second kappa shape index (κ2) is 5.90. The number of rotatable bonds is 3. The lowest BCUT2D eigenvalue weighted by Gasteiger charge is -2.32. The van der Waals surface area contributed by atoms with Crippen molar-refractivity contribution >= 4 is 16.0 Å². The molecule has 2 fully saturated rings. The zero-order valence-electron chi connectivity index (χ0n) is 13.6. The van der Waals surface area contributed by atoms with Crippen molar-refractivity contribution in [1.82, 2.24) is 9.46 Å². The molecular weight excluding hydrogens is 320 g/mol. The van der Waals surface area contributed by atoms with Gasteiger partial charge in [-0.25, -0.2) is 8.42 Å². The van der Waals surface area contributed by atoms with E-state index in [9.17, 15) is 13.2 Å². The highest BCUT2D eigenvalue weighted by molar-refractivity contribution is 7.89. The lowest BCUT2D eigenvalue weighted by molar-refractivity contribution is -0.144. The van der Waals surface area contributed by atoms with E-state index in [1.54, 1.807) is 13.8 Å².